The quantitative estimate of drug-likeness (QED) is 0.155. The molecule has 0 radical (unpaired) electrons. The van der Waals surface area contributed by atoms with Gasteiger partial charge in [0.15, 0.2) is 0 Å². The Labute approximate surface area is 222 Å². The summed E-state index contributed by atoms with van der Waals surface area (Å²) >= 11 is 0. The summed E-state index contributed by atoms with van der Waals surface area (Å²) in [6.07, 6.45) is 8.24. The third-order valence-electron chi connectivity index (χ3n) is 8.32. The zero-order valence-electron chi connectivity index (χ0n) is 23.3. The van der Waals surface area contributed by atoms with Crippen molar-refractivity contribution in [2.45, 2.75) is 70.4 Å². The molecule has 0 aliphatic carbocycles. The van der Waals surface area contributed by atoms with E-state index in [1.807, 2.05) is 13.0 Å². The van der Waals surface area contributed by atoms with E-state index in [0.29, 0.717) is 6.61 Å². The number of fused-ring (bicyclic) bond motifs is 5. The van der Waals surface area contributed by atoms with Crippen LogP contribution in [-0.2, 0) is 20.4 Å². The van der Waals surface area contributed by atoms with Crippen molar-refractivity contribution in [3.05, 3.63) is 84.7 Å². The van der Waals surface area contributed by atoms with Crippen LogP contribution in [0.2, 0.25) is 0 Å². The first-order chi connectivity index (χ1) is 17.9. The fraction of sp³-hybridized carbons (Fsp3) is 0.424. The van der Waals surface area contributed by atoms with Gasteiger partial charge in [0.25, 0.3) is 0 Å². The minimum absolute atomic E-state index is 0.0895. The molecule has 1 aromatic heterocycles. The fourth-order valence-electron chi connectivity index (χ4n) is 6.29. The summed E-state index contributed by atoms with van der Waals surface area (Å²) in [7, 11) is 3.43. The van der Waals surface area contributed by atoms with Crippen molar-refractivity contribution in [3.8, 4) is 17.0 Å². The van der Waals surface area contributed by atoms with Gasteiger partial charge in [-0.1, -0.05) is 51.0 Å². The predicted molar refractivity (Wildman–Crippen MR) is 152 cm³/mol. The zero-order valence-corrected chi connectivity index (χ0v) is 23.3. The van der Waals surface area contributed by atoms with Crippen LogP contribution in [-0.4, -0.2) is 26.9 Å². The van der Waals surface area contributed by atoms with Crippen molar-refractivity contribution in [2.24, 2.45) is 0 Å². The van der Waals surface area contributed by atoms with E-state index in [-0.39, 0.29) is 17.1 Å². The number of rotatable bonds is 11. The van der Waals surface area contributed by atoms with E-state index in [1.54, 1.807) is 14.2 Å². The molecule has 3 atom stereocenters. The van der Waals surface area contributed by atoms with E-state index in [0.717, 1.165) is 37.2 Å². The van der Waals surface area contributed by atoms with E-state index in [1.165, 1.54) is 27.7 Å². The van der Waals surface area contributed by atoms with Gasteiger partial charge in [-0.3, -0.25) is 0 Å². The van der Waals surface area contributed by atoms with Crippen LogP contribution in [0.5, 0.6) is 5.75 Å². The Morgan fingerprint density at radius 2 is 1.86 bits per heavy atom. The molecule has 37 heavy (non-hydrogen) atoms. The van der Waals surface area contributed by atoms with Gasteiger partial charge in [-0.05, 0) is 56.2 Å². The van der Waals surface area contributed by atoms with E-state index < -0.39 is 0 Å². The highest BCUT2D eigenvalue weighted by atomic mass is 16.5. The number of allylic oxidation sites excluding steroid dienone is 2. The van der Waals surface area contributed by atoms with Crippen molar-refractivity contribution in [3.63, 3.8) is 0 Å². The van der Waals surface area contributed by atoms with Crippen molar-refractivity contribution in [2.75, 3.05) is 20.8 Å². The lowest BCUT2D eigenvalue weighted by Gasteiger charge is -2.49. The minimum atomic E-state index is -0.384. The van der Waals surface area contributed by atoms with E-state index in [9.17, 15) is 0 Å². The molecule has 0 spiro atoms. The third kappa shape index (κ3) is 4.46. The Morgan fingerprint density at radius 1 is 1.08 bits per heavy atom. The number of para-hydroxylation sites is 1. The number of aromatic nitrogens is 1. The number of hydrogen-bond acceptors (Lipinski definition) is 3. The maximum absolute atomic E-state index is 6.70. The first-order valence-electron chi connectivity index (χ1n) is 13.5. The molecule has 0 saturated heterocycles. The summed E-state index contributed by atoms with van der Waals surface area (Å²) in [5.74, 6) is 1.72. The Kier molecular flexibility index (Phi) is 8.08. The molecule has 0 saturated carbocycles. The summed E-state index contributed by atoms with van der Waals surface area (Å²) in [6.45, 7) is 13.7. The summed E-state index contributed by atoms with van der Waals surface area (Å²) in [6, 6.07) is 19.7. The molecule has 3 aromatic rings. The number of hydrogen-bond donors (Lipinski definition) is 0. The number of ether oxygens (including phenoxy) is 3. The van der Waals surface area contributed by atoms with Crippen LogP contribution in [0.25, 0.3) is 22.2 Å². The Bertz CT molecular complexity index is 1300. The second-order valence-corrected chi connectivity index (χ2v) is 10.2. The van der Waals surface area contributed by atoms with Gasteiger partial charge >= 0.3 is 0 Å². The maximum atomic E-state index is 6.70. The highest BCUT2D eigenvalue weighted by Crippen LogP contribution is 2.53. The molecule has 0 amide bonds. The Morgan fingerprint density at radius 3 is 2.54 bits per heavy atom. The molecule has 0 bridgehead atoms. The van der Waals surface area contributed by atoms with Crippen LogP contribution in [0.15, 0.2) is 79.1 Å². The van der Waals surface area contributed by atoms with Crippen molar-refractivity contribution in [1.29, 1.82) is 0 Å². The highest BCUT2D eigenvalue weighted by molar-refractivity contribution is 5.79. The van der Waals surface area contributed by atoms with Crippen LogP contribution in [0.1, 0.15) is 58.9 Å². The number of methoxy groups -OCH3 is 2. The van der Waals surface area contributed by atoms with Crippen LogP contribution >= 0.6 is 0 Å². The molecule has 1 aliphatic heterocycles. The molecule has 2 aromatic carbocycles. The lowest BCUT2D eigenvalue weighted by atomic mass is 9.58. The van der Waals surface area contributed by atoms with Crippen molar-refractivity contribution >= 4 is 10.9 Å². The van der Waals surface area contributed by atoms with Gasteiger partial charge in [-0.15, -0.1) is 6.58 Å². The molecule has 1 aliphatic rings. The van der Waals surface area contributed by atoms with Gasteiger partial charge in [0.1, 0.15) is 12.4 Å². The molecule has 0 fully saturated rings. The summed E-state index contributed by atoms with van der Waals surface area (Å²) in [5, 5.41) is 1.21. The van der Waals surface area contributed by atoms with Crippen LogP contribution in [0.3, 0.4) is 0 Å². The molecule has 196 valence electrons. The Hall–Kier alpha value is -3.11. The lowest BCUT2D eigenvalue weighted by molar-refractivity contribution is -0.748. The van der Waals surface area contributed by atoms with Crippen molar-refractivity contribution < 1.29 is 18.8 Å². The van der Waals surface area contributed by atoms with Crippen LogP contribution in [0, 0.1) is 0 Å². The SMILES string of the molecule is C=CC1(CCCC)c2ccc(OC)cc2-c2ccc3ccccc3[n+]2C1(CC)COC(C)C=C(C)OC. The first kappa shape index (κ1) is 26.9. The fourth-order valence-corrected chi connectivity index (χ4v) is 6.29. The second-order valence-electron chi connectivity index (χ2n) is 10.2. The van der Waals surface area contributed by atoms with Gasteiger partial charge in [0.05, 0.1) is 37.1 Å². The molecule has 4 rings (SSSR count). The topological polar surface area (TPSA) is 31.6 Å². The summed E-state index contributed by atoms with van der Waals surface area (Å²) in [4.78, 5) is 0. The molecule has 2 heterocycles. The highest BCUT2D eigenvalue weighted by Gasteiger charge is 2.62. The van der Waals surface area contributed by atoms with E-state index >= 15 is 0 Å². The van der Waals surface area contributed by atoms with Crippen molar-refractivity contribution in [1.82, 2.24) is 0 Å². The number of pyridine rings is 1. The zero-order chi connectivity index (χ0) is 26.6. The smallest absolute Gasteiger partial charge is 0.214 e. The molecular weight excluding hydrogens is 458 g/mol. The van der Waals surface area contributed by atoms with Gasteiger partial charge in [0.2, 0.25) is 16.7 Å². The molecular formula is C33H42NO3+. The molecule has 0 N–H and O–H groups in total. The van der Waals surface area contributed by atoms with Gasteiger partial charge in [-0.25, -0.2) is 0 Å². The summed E-state index contributed by atoms with van der Waals surface area (Å²) in [5.41, 5.74) is 4.18. The van der Waals surface area contributed by atoms with Gasteiger partial charge in [0, 0.05) is 23.9 Å². The van der Waals surface area contributed by atoms with Crippen LogP contribution < -0.4 is 9.30 Å². The number of benzene rings is 2. The van der Waals surface area contributed by atoms with Crippen LogP contribution in [0.4, 0.5) is 0 Å². The minimum Gasteiger partial charge on any atom is -0.502 e. The second kappa shape index (κ2) is 11.1. The lowest BCUT2D eigenvalue weighted by Crippen LogP contribution is -2.72. The normalized spacial score (nSPS) is 21.7. The first-order valence-corrected chi connectivity index (χ1v) is 13.5. The molecule has 4 nitrogen and oxygen atoms in total. The predicted octanol–water partition coefficient (Wildman–Crippen LogP) is 7.49. The Balaban J connectivity index is 2.07. The number of unbranched alkanes of at least 4 members (excludes halogenated alkanes) is 1. The maximum Gasteiger partial charge on any atom is 0.214 e. The van der Waals surface area contributed by atoms with Gasteiger partial charge < -0.3 is 14.2 Å². The average Bonchev–Trinajstić information content (AvgIpc) is 2.94. The summed E-state index contributed by atoms with van der Waals surface area (Å²) < 4.78 is 20.4. The van der Waals surface area contributed by atoms with E-state index in [2.05, 4.69) is 92.6 Å². The largest absolute Gasteiger partial charge is 0.502 e. The van der Waals surface area contributed by atoms with E-state index in [4.69, 9.17) is 14.2 Å². The monoisotopic (exact) mass is 500 g/mol. The molecule has 3 unspecified atom stereocenters. The standard InChI is InChI=1S/C33H42NO3/c1-8-11-20-32(9-2)29-18-17-27(36-7)22-28(29)31-19-16-26-14-12-13-15-30(26)34(31)33(32,10-3)23-37-25(5)21-24(4)35-6/h9,12-19,21-22,25H,2,8,10-11,20,23H2,1,3-7H3/q+1. The average molecular weight is 501 g/mol. The number of nitrogens with zero attached hydrogens (tertiary/aromatic N) is 1. The third-order valence-corrected chi connectivity index (χ3v) is 8.32. The van der Waals surface area contributed by atoms with Gasteiger partial charge in [-0.2, -0.15) is 4.57 Å². The molecule has 4 heteroatoms.